The lowest BCUT2D eigenvalue weighted by Gasteiger charge is -2.11. The highest BCUT2D eigenvalue weighted by Crippen LogP contribution is 2.29. The zero-order chi connectivity index (χ0) is 23.4. The second kappa shape index (κ2) is 9.48. The Kier molecular flexibility index (Phi) is 6.31. The third-order valence-electron chi connectivity index (χ3n) is 5.17. The number of carbonyl (C=O) groups excluding carboxylic acids is 1. The van der Waals surface area contributed by atoms with E-state index in [9.17, 15) is 4.79 Å². The van der Waals surface area contributed by atoms with Crippen LogP contribution < -0.4 is 20.1 Å². The van der Waals surface area contributed by atoms with Crippen LogP contribution >= 0.6 is 0 Å². The molecular weight excluding hydrogens is 418 g/mol. The van der Waals surface area contributed by atoms with Crippen LogP contribution in [0.25, 0.3) is 22.7 Å². The minimum atomic E-state index is -0.383. The van der Waals surface area contributed by atoms with Gasteiger partial charge < -0.3 is 24.5 Å². The average molecular weight is 444 g/mol. The van der Waals surface area contributed by atoms with E-state index in [1.165, 1.54) is 5.56 Å². The number of hydrogen-bond donors (Lipinski definition) is 2. The number of carbonyl (C=O) groups is 1. The van der Waals surface area contributed by atoms with E-state index in [1.54, 1.807) is 50.8 Å². The Hall–Kier alpha value is -4.26. The van der Waals surface area contributed by atoms with Crippen molar-refractivity contribution in [3.05, 3.63) is 78.1 Å². The molecule has 4 aromatic rings. The van der Waals surface area contributed by atoms with Gasteiger partial charge in [0, 0.05) is 40.7 Å². The Morgan fingerprint density at radius 2 is 1.52 bits per heavy atom. The Labute approximate surface area is 192 Å². The number of amides is 2. The average Bonchev–Trinajstić information content (AvgIpc) is 3.30. The molecule has 0 aliphatic rings. The molecule has 168 valence electrons. The van der Waals surface area contributed by atoms with Crippen LogP contribution in [0, 0.1) is 13.8 Å². The van der Waals surface area contributed by atoms with Crippen molar-refractivity contribution in [1.29, 1.82) is 0 Å². The minimum absolute atomic E-state index is 0.383. The van der Waals surface area contributed by atoms with E-state index in [2.05, 4.69) is 47.7 Å². The molecule has 1 heterocycles. The summed E-state index contributed by atoms with van der Waals surface area (Å²) >= 11 is 0. The molecule has 0 aliphatic carbocycles. The molecule has 0 bridgehead atoms. The Morgan fingerprint density at radius 1 is 0.848 bits per heavy atom. The minimum Gasteiger partial charge on any atom is -0.497 e. The maximum atomic E-state index is 12.4. The monoisotopic (exact) mass is 443 g/mol. The van der Waals surface area contributed by atoms with Crippen LogP contribution in [-0.4, -0.2) is 25.2 Å². The third kappa shape index (κ3) is 5.15. The molecule has 0 fully saturated rings. The Morgan fingerprint density at radius 3 is 2.18 bits per heavy atom. The number of nitrogens with one attached hydrogen (secondary N) is 2. The van der Waals surface area contributed by atoms with Crippen molar-refractivity contribution in [2.75, 3.05) is 24.9 Å². The number of oxazole rings is 1. The van der Waals surface area contributed by atoms with E-state index in [-0.39, 0.29) is 6.03 Å². The van der Waals surface area contributed by atoms with E-state index in [0.717, 1.165) is 22.4 Å². The van der Waals surface area contributed by atoms with E-state index in [0.29, 0.717) is 28.8 Å². The Balaban J connectivity index is 1.44. The molecule has 0 saturated heterocycles. The summed E-state index contributed by atoms with van der Waals surface area (Å²) in [6.07, 6.45) is 1.67. The van der Waals surface area contributed by atoms with Crippen molar-refractivity contribution in [2.45, 2.75) is 13.8 Å². The highest BCUT2D eigenvalue weighted by Gasteiger charge is 2.12. The van der Waals surface area contributed by atoms with Crippen LogP contribution in [0.15, 0.2) is 71.3 Å². The number of methoxy groups -OCH3 is 2. The highest BCUT2D eigenvalue weighted by atomic mass is 16.5. The number of rotatable bonds is 6. The summed E-state index contributed by atoms with van der Waals surface area (Å²) in [6, 6.07) is 18.3. The van der Waals surface area contributed by atoms with Gasteiger partial charge in [-0.1, -0.05) is 17.7 Å². The summed E-state index contributed by atoms with van der Waals surface area (Å²) in [6.45, 7) is 4.10. The maximum Gasteiger partial charge on any atom is 0.323 e. The van der Waals surface area contributed by atoms with Gasteiger partial charge in [0.15, 0.2) is 0 Å². The summed E-state index contributed by atoms with van der Waals surface area (Å²) in [5, 5.41) is 5.58. The fraction of sp³-hybridized carbons (Fsp3) is 0.154. The van der Waals surface area contributed by atoms with Gasteiger partial charge in [-0.2, -0.15) is 0 Å². The molecule has 0 aliphatic heterocycles. The van der Waals surface area contributed by atoms with Gasteiger partial charge >= 0.3 is 6.03 Å². The molecule has 0 unspecified atom stereocenters. The van der Waals surface area contributed by atoms with Gasteiger partial charge in [0.05, 0.1) is 14.2 Å². The summed E-state index contributed by atoms with van der Waals surface area (Å²) in [4.78, 5) is 17.1. The second-order valence-corrected chi connectivity index (χ2v) is 7.61. The molecular formula is C26H25N3O4. The van der Waals surface area contributed by atoms with Gasteiger partial charge in [-0.25, -0.2) is 9.78 Å². The van der Waals surface area contributed by atoms with Gasteiger partial charge in [0.2, 0.25) is 5.89 Å². The largest absolute Gasteiger partial charge is 0.497 e. The Bertz CT molecular complexity index is 1260. The summed E-state index contributed by atoms with van der Waals surface area (Å²) in [5.74, 6) is 1.69. The molecule has 2 amide bonds. The first kappa shape index (κ1) is 22.0. The van der Waals surface area contributed by atoms with E-state index < -0.39 is 0 Å². The number of hydrogen-bond acceptors (Lipinski definition) is 5. The van der Waals surface area contributed by atoms with Crippen LogP contribution in [0.2, 0.25) is 0 Å². The predicted molar refractivity (Wildman–Crippen MR) is 129 cm³/mol. The molecule has 1 aromatic heterocycles. The van der Waals surface area contributed by atoms with Crippen molar-refractivity contribution in [3.8, 4) is 34.2 Å². The van der Waals surface area contributed by atoms with Gasteiger partial charge in [-0.15, -0.1) is 0 Å². The number of urea groups is 1. The lowest BCUT2D eigenvalue weighted by Crippen LogP contribution is -2.19. The number of ether oxygens (including phenoxy) is 2. The van der Waals surface area contributed by atoms with Crippen molar-refractivity contribution in [1.82, 2.24) is 4.98 Å². The molecule has 0 atom stereocenters. The lowest BCUT2D eigenvalue weighted by molar-refractivity contribution is 0.262. The van der Waals surface area contributed by atoms with Crippen molar-refractivity contribution >= 4 is 17.4 Å². The second-order valence-electron chi connectivity index (χ2n) is 7.61. The van der Waals surface area contributed by atoms with Crippen LogP contribution in [0.4, 0.5) is 16.2 Å². The van der Waals surface area contributed by atoms with Gasteiger partial charge in [0.25, 0.3) is 0 Å². The molecule has 0 saturated carbocycles. The fourth-order valence-electron chi connectivity index (χ4n) is 3.41. The molecule has 2 N–H and O–H groups in total. The summed E-state index contributed by atoms with van der Waals surface area (Å²) in [7, 11) is 3.11. The molecule has 4 rings (SSSR count). The predicted octanol–water partition coefficient (Wildman–Crippen LogP) is 6.29. The van der Waals surface area contributed by atoms with Crippen molar-refractivity contribution in [3.63, 3.8) is 0 Å². The summed E-state index contributed by atoms with van der Waals surface area (Å²) in [5.41, 5.74) is 6.15. The standard InChI is InChI=1S/C26H25N3O4/c1-16-5-6-17(2)23(11-16)24-15-33-25(29-24)18-7-9-19(10-8-18)27-26(30)28-20-12-21(31-3)14-22(13-20)32-4/h5-15H,1-4H3,(H2,27,28,30). The molecule has 7 heteroatoms. The van der Waals surface area contributed by atoms with Crippen molar-refractivity contribution in [2.24, 2.45) is 0 Å². The SMILES string of the molecule is COc1cc(NC(=O)Nc2ccc(-c3nc(-c4cc(C)ccc4C)co3)cc2)cc(OC)c1. The van der Waals surface area contributed by atoms with Crippen LogP contribution in [0.5, 0.6) is 11.5 Å². The topological polar surface area (TPSA) is 85.6 Å². The molecule has 7 nitrogen and oxygen atoms in total. The molecule has 0 radical (unpaired) electrons. The fourth-order valence-corrected chi connectivity index (χ4v) is 3.41. The summed E-state index contributed by atoms with van der Waals surface area (Å²) < 4.78 is 16.2. The lowest BCUT2D eigenvalue weighted by atomic mass is 10.0. The van der Waals surface area contributed by atoms with Crippen molar-refractivity contribution < 1.29 is 18.7 Å². The third-order valence-corrected chi connectivity index (χ3v) is 5.17. The first-order valence-corrected chi connectivity index (χ1v) is 10.4. The normalized spacial score (nSPS) is 10.5. The van der Waals surface area contributed by atoms with Gasteiger partial charge in [0.1, 0.15) is 23.5 Å². The molecule has 3 aromatic carbocycles. The first-order valence-electron chi connectivity index (χ1n) is 10.4. The zero-order valence-corrected chi connectivity index (χ0v) is 18.9. The molecule has 0 spiro atoms. The number of anilines is 2. The van der Waals surface area contributed by atoms with Gasteiger partial charge in [-0.05, 0) is 49.7 Å². The van der Waals surface area contributed by atoms with E-state index >= 15 is 0 Å². The van der Waals surface area contributed by atoms with Gasteiger partial charge in [-0.3, -0.25) is 0 Å². The smallest absolute Gasteiger partial charge is 0.323 e. The number of aromatic nitrogens is 1. The van der Waals surface area contributed by atoms with E-state index in [4.69, 9.17) is 13.9 Å². The first-order chi connectivity index (χ1) is 15.9. The zero-order valence-electron chi connectivity index (χ0n) is 18.9. The molecule has 33 heavy (non-hydrogen) atoms. The maximum absolute atomic E-state index is 12.4. The van der Waals surface area contributed by atoms with Crippen LogP contribution in [0.3, 0.4) is 0 Å². The van der Waals surface area contributed by atoms with Crippen LogP contribution in [-0.2, 0) is 0 Å². The number of aryl methyl sites for hydroxylation is 2. The quantitative estimate of drug-likeness (QED) is 0.366. The number of benzene rings is 3. The van der Waals surface area contributed by atoms with E-state index in [1.807, 2.05) is 12.1 Å². The number of nitrogens with zero attached hydrogens (tertiary/aromatic N) is 1. The highest BCUT2D eigenvalue weighted by molar-refractivity contribution is 6.00. The van der Waals surface area contributed by atoms with Crippen LogP contribution in [0.1, 0.15) is 11.1 Å².